The van der Waals surface area contributed by atoms with Crippen LogP contribution in [-0.2, 0) is 6.42 Å². The van der Waals surface area contributed by atoms with Gasteiger partial charge in [0.2, 0.25) is 0 Å². The molecule has 1 heterocycles. The van der Waals surface area contributed by atoms with E-state index in [0.717, 1.165) is 23.4 Å². The first-order valence-corrected chi connectivity index (χ1v) is 8.65. The van der Waals surface area contributed by atoms with Crippen molar-refractivity contribution in [3.63, 3.8) is 0 Å². The van der Waals surface area contributed by atoms with Crippen molar-refractivity contribution in [3.05, 3.63) is 54.4 Å². The number of para-hydroxylation sites is 2. The van der Waals surface area contributed by atoms with Gasteiger partial charge in [0, 0.05) is 25.0 Å². The minimum absolute atomic E-state index is 0.769. The second kappa shape index (κ2) is 6.85. The van der Waals surface area contributed by atoms with Crippen molar-refractivity contribution in [2.24, 2.45) is 4.99 Å². The zero-order chi connectivity index (χ0) is 13.5. The van der Waals surface area contributed by atoms with Crippen LogP contribution in [-0.4, -0.2) is 20.2 Å². The third kappa shape index (κ3) is 4.33. The van der Waals surface area contributed by atoms with E-state index in [-0.39, 0.29) is 0 Å². The maximum absolute atomic E-state index is 5.82. The van der Waals surface area contributed by atoms with Gasteiger partial charge in [-0.05, 0) is 36.9 Å². The monoisotopic (exact) mass is 269 g/mol. The number of benzene rings is 1. The Hall–Kier alpha value is -1.94. The summed E-state index contributed by atoms with van der Waals surface area (Å²) < 4.78 is 5.82. The van der Waals surface area contributed by atoms with Gasteiger partial charge in [0.25, 0.3) is 9.04 Å². The van der Waals surface area contributed by atoms with Gasteiger partial charge in [0.05, 0.1) is 0 Å². The second-order valence-electron chi connectivity index (χ2n) is 4.36. The first-order chi connectivity index (χ1) is 9.25. The molecule has 0 unspecified atom stereocenters. The number of rotatable bonds is 5. The van der Waals surface area contributed by atoms with E-state index in [1.807, 2.05) is 48.8 Å². The lowest BCUT2D eigenvalue weighted by molar-refractivity contribution is 0.582. The van der Waals surface area contributed by atoms with Crippen LogP contribution >= 0.6 is 0 Å². The molecular weight excluding hydrogens is 252 g/mol. The summed E-state index contributed by atoms with van der Waals surface area (Å²) in [5.74, 6) is 0.865. The maximum Gasteiger partial charge on any atom is 0.274 e. The van der Waals surface area contributed by atoms with Gasteiger partial charge in [-0.15, -0.1) is 0 Å². The highest BCUT2D eigenvalue weighted by molar-refractivity contribution is 6.49. The molecule has 2 aromatic rings. The number of aliphatic imine (C=N–C) groups is 1. The van der Waals surface area contributed by atoms with E-state index in [9.17, 15) is 0 Å². The van der Waals surface area contributed by atoms with Crippen molar-refractivity contribution in [3.8, 4) is 5.75 Å². The quantitative estimate of drug-likeness (QED) is 0.613. The highest BCUT2D eigenvalue weighted by Gasteiger charge is 2.04. The first kappa shape index (κ1) is 13.5. The van der Waals surface area contributed by atoms with Gasteiger partial charge in [-0.2, -0.15) is 0 Å². The molecule has 1 radical (unpaired) electrons. The second-order valence-corrected chi connectivity index (χ2v) is 6.38. The van der Waals surface area contributed by atoms with Gasteiger partial charge in [-0.1, -0.05) is 18.2 Å². The Morgan fingerprint density at radius 1 is 1.21 bits per heavy atom. The van der Waals surface area contributed by atoms with E-state index in [2.05, 4.69) is 23.1 Å². The van der Waals surface area contributed by atoms with E-state index in [4.69, 9.17) is 4.43 Å². The lowest BCUT2D eigenvalue weighted by atomic mass is 10.2. The number of hydrogen-bond donors (Lipinski definition) is 0. The number of pyridine rings is 1. The molecule has 97 valence electrons. The molecule has 3 nitrogen and oxygen atoms in total. The molecule has 19 heavy (non-hydrogen) atoms. The predicted molar refractivity (Wildman–Crippen MR) is 80.6 cm³/mol. The minimum Gasteiger partial charge on any atom is -0.541 e. The van der Waals surface area contributed by atoms with Crippen LogP contribution in [0.3, 0.4) is 0 Å². The predicted octanol–water partition coefficient (Wildman–Crippen LogP) is 3.66. The highest BCUT2D eigenvalue weighted by Crippen LogP contribution is 2.27. The van der Waals surface area contributed by atoms with E-state index < -0.39 is 9.04 Å². The van der Waals surface area contributed by atoms with Crippen LogP contribution in [0.25, 0.3) is 0 Å². The molecule has 0 aliphatic rings. The molecule has 4 heteroatoms. The van der Waals surface area contributed by atoms with Crippen LogP contribution in [0.5, 0.6) is 5.75 Å². The van der Waals surface area contributed by atoms with Crippen molar-refractivity contribution in [2.45, 2.75) is 19.5 Å². The Balaban J connectivity index is 2.06. The van der Waals surface area contributed by atoms with Gasteiger partial charge in [-0.3, -0.25) is 9.98 Å². The summed E-state index contributed by atoms with van der Waals surface area (Å²) in [6.07, 6.45) is 6.30. The Bertz CT molecular complexity index is 541. The van der Waals surface area contributed by atoms with Crippen LogP contribution in [0.4, 0.5) is 5.69 Å². The van der Waals surface area contributed by atoms with Crippen LogP contribution in [0.15, 0.2) is 53.8 Å². The van der Waals surface area contributed by atoms with Gasteiger partial charge < -0.3 is 4.43 Å². The van der Waals surface area contributed by atoms with Crippen LogP contribution in [0, 0.1) is 0 Å². The van der Waals surface area contributed by atoms with Gasteiger partial charge >= 0.3 is 0 Å². The molecule has 0 saturated carbocycles. The zero-order valence-electron chi connectivity index (χ0n) is 11.2. The maximum atomic E-state index is 5.82. The fraction of sp³-hybridized carbons (Fsp3) is 0.200. The summed E-state index contributed by atoms with van der Waals surface area (Å²) in [6, 6.07) is 11.9. The Labute approximate surface area is 115 Å². The molecule has 0 amide bonds. The van der Waals surface area contributed by atoms with Gasteiger partial charge in [0.1, 0.15) is 11.4 Å². The van der Waals surface area contributed by atoms with Crippen molar-refractivity contribution >= 4 is 20.9 Å². The summed E-state index contributed by atoms with van der Waals surface area (Å²) in [4.78, 5) is 8.58. The van der Waals surface area contributed by atoms with E-state index in [1.54, 1.807) is 6.20 Å². The topological polar surface area (TPSA) is 34.5 Å². The average Bonchev–Trinajstić information content (AvgIpc) is 2.41. The molecule has 0 aliphatic carbocycles. The normalized spacial score (nSPS) is 11.1. The molecular formula is C15H17N2OSi. The third-order valence-electron chi connectivity index (χ3n) is 2.46. The van der Waals surface area contributed by atoms with Gasteiger partial charge in [-0.25, -0.2) is 0 Å². The van der Waals surface area contributed by atoms with Crippen molar-refractivity contribution in [1.29, 1.82) is 0 Å². The summed E-state index contributed by atoms with van der Waals surface area (Å²) in [5.41, 5.74) is 2.04. The van der Waals surface area contributed by atoms with Crippen molar-refractivity contribution < 1.29 is 4.43 Å². The summed E-state index contributed by atoms with van der Waals surface area (Å²) in [6.45, 7) is 4.22. The number of hydrogen-bond acceptors (Lipinski definition) is 3. The summed E-state index contributed by atoms with van der Waals surface area (Å²) >= 11 is 0. The molecule has 1 aromatic carbocycles. The average molecular weight is 269 g/mol. The van der Waals surface area contributed by atoms with E-state index in [1.165, 1.54) is 0 Å². The smallest absolute Gasteiger partial charge is 0.274 e. The van der Waals surface area contributed by atoms with Gasteiger partial charge in [0.15, 0.2) is 0 Å². The van der Waals surface area contributed by atoms with E-state index in [0.29, 0.717) is 0 Å². The number of aromatic nitrogens is 1. The van der Waals surface area contributed by atoms with Crippen molar-refractivity contribution in [1.82, 2.24) is 4.98 Å². The largest absolute Gasteiger partial charge is 0.541 e. The lowest BCUT2D eigenvalue weighted by Crippen LogP contribution is -2.11. The van der Waals surface area contributed by atoms with Crippen LogP contribution < -0.4 is 4.43 Å². The molecule has 0 bridgehead atoms. The fourth-order valence-electron chi connectivity index (χ4n) is 1.64. The highest BCUT2D eigenvalue weighted by atomic mass is 28.3. The Kier molecular flexibility index (Phi) is 4.86. The SMILES string of the molecule is C[Si](C)Oc1ccccc1N=CCc1cccnc1. The molecule has 1 aromatic heterocycles. The lowest BCUT2D eigenvalue weighted by Gasteiger charge is -2.10. The third-order valence-corrected chi connectivity index (χ3v) is 3.09. The molecule has 0 saturated heterocycles. The minimum atomic E-state index is -0.769. The molecule has 0 spiro atoms. The van der Waals surface area contributed by atoms with E-state index >= 15 is 0 Å². The molecule has 0 atom stereocenters. The molecule has 0 N–H and O–H groups in total. The Morgan fingerprint density at radius 3 is 2.79 bits per heavy atom. The van der Waals surface area contributed by atoms with Crippen LogP contribution in [0.1, 0.15) is 5.56 Å². The van der Waals surface area contributed by atoms with Crippen molar-refractivity contribution in [2.75, 3.05) is 0 Å². The standard InChI is InChI=1S/C15H17N2OSi/c1-19(2)18-15-8-4-3-7-14(15)17-11-9-13-6-5-10-16-12-13/h3-8,10-12H,9H2,1-2H3. The molecule has 0 fully saturated rings. The Morgan fingerprint density at radius 2 is 2.05 bits per heavy atom. The van der Waals surface area contributed by atoms with Crippen LogP contribution in [0.2, 0.25) is 13.1 Å². The summed E-state index contributed by atoms with van der Waals surface area (Å²) in [7, 11) is -0.769. The fourth-order valence-corrected chi connectivity index (χ4v) is 2.25. The molecule has 0 aliphatic heterocycles. The zero-order valence-corrected chi connectivity index (χ0v) is 12.2. The number of nitrogens with zero attached hydrogens (tertiary/aromatic N) is 2. The first-order valence-electron chi connectivity index (χ1n) is 6.24. The summed E-state index contributed by atoms with van der Waals surface area (Å²) in [5, 5.41) is 0. The molecule has 2 rings (SSSR count).